The van der Waals surface area contributed by atoms with Gasteiger partial charge in [-0.05, 0) is 62.1 Å². The van der Waals surface area contributed by atoms with Crippen LogP contribution in [0.25, 0.3) is 10.9 Å². The molecule has 1 N–H and O–H groups in total. The molecule has 1 aliphatic carbocycles. The first-order valence-electron chi connectivity index (χ1n) is 9.20. The fraction of sp³-hybridized carbons (Fsp3) is 0.286. The SMILES string of the molecule is CCn1c(N/N=C2/CCCc3cc(OC)ccc32)nc2ccccc2c1=O. The highest BCUT2D eigenvalue weighted by Gasteiger charge is 2.17. The maximum absolute atomic E-state index is 12.7. The lowest BCUT2D eigenvalue weighted by molar-refractivity contribution is 0.414. The molecular formula is C21H22N4O2. The number of hydrogen-bond acceptors (Lipinski definition) is 5. The first-order valence-corrected chi connectivity index (χ1v) is 9.20. The standard InChI is InChI=1S/C21H22N4O2/c1-3-25-20(26)17-8-4-5-9-18(17)22-21(25)24-23-19-10-6-7-14-13-15(27-2)11-12-16(14)19/h4-5,8-9,11-13H,3,6-7,10H2,1-2H3,(H,22,24)/b23-19-. The first-order chi connectivity index (χ1) is 13.2. The minimum Gasteiger partial charge on any atom is -0.497 e. The Balaban J connectivity index is 1.73. The molecule has 0 atom stereocenters. The van der Waals surface area contributed by atoms with Crippen LogP contribution in [0.4, 0.5) is 5.95 Å². The maximum atomic E-state index is 12.7. The monoisotopic (exact) mass is 362 g/mol. The summed E-state index contributed by atoms with van der Waals surface area (Å²) in [7, 11) is 1.68. The highest BCUT2D eigenvalue weighted by molar-refractivity contribution is 6.03. The summed E-state index contributed by atoms with van der Waals surface area (Å²) in [5, 5.41) is 5.23. The van der Waals surface area contributed by atoms with Crippen molar-refractivity contribution >= 4 is 22.6 Å². The predicted molar refractivity (Wildman–Crippen MR) is 108 cm³/mol. The molecule has 2 aromatic carbocycles. The molecule has 6 nitrogen and oxygen atoms in total. The number of hydrazone groups is 1. The van der Waals surface area contributed by atoms with Gasteiger partial charge in [0.1, 0.15) is 5.75 Å². The fourth-order valence-electron chi connectivity index (χ4n) is 3.55. The summed E-state index contributed by atoms with van der Waals surface area (Å²) in [6.45, 7) is 2.45. The third kappa shape index (κ3) is 3.18. The largest absolute Gasteiger partial charge is 0.497 e. The van der Waals surface area contributed by atoms with Crippen molar-refractivity contribution in [2.24, 2.45) is 5.10 Å². The van der Waals surface area contributed by atoms with Crippen molar-refractivity contribution < 1.29 is 4.74 Å². The van der Waals surface area contributed by atoms with E-state index in [-0.39, 0.29) is 5.56 Å². The van der Waals surface area contributed by atoms with Crippen molar-refractivity contribution in [1.82, 2.24) is 9.55 Å². The normalized spacial score (nSPS) is 15.0. The number of aromatic nitrogens is 2. The molecule has 0 saturated carbocycles. The Morgan fingerprint density at radius 2 is 2.07 bits per heavy atom. The molecule has 138 valence electrons. The van der Waals surface area contributed by atoms with Gasteiger partial charge in [-0.3, -0.25) is 9.36 Å². The molecule has 1 heterocycles. The Hall–Kier alpha value is -3.15. The Kier molecular flexibility index (Phi) is 4.62. The van der Waals surface area contributed by atoms with Crippen LogP contribution in [0.2, 0.25) is 0 Å². The Morgan fingerprint density at radius 3 is 2.89 bits per heavy atom. The highest BCUT2D eigenvalue weighted by atomic mass is 16.5. The Labute approximate surface area is 157 Å². The average molecular weight is 362 g/mol. The average Bonchev–Trinajstić information content (AvgIpc) is 2.72. The maximum Gasteiger partial charge on any atom is 0.262 e. The number of fused-ring (bicyclic) bond motifs is 2. The van der Waals surface area contributed by atoms with Crippen LogP contribution < -0.4 is 15.7 Å². The second-order valence-corrected chi connectivity index (χ2v) is 6.55. The number of hydrogen-bond donors (Lipinski definition) is 1. The van der Waals surface area contributed by atoms with Gasteiger partial charge < -0.3 is 4.74 Å². The zero-order chi connectivity index (χ0) is 18.8. The molecule has 0 fully saturated rings. The van der Waals surface area contributed by atoms with Gasteiger partial charge in [-0.2, -0.15) is 5.10 Å². The highest BCUT2D eigenvalue weighted by Crippen LogP contribution is 2.26. The number of rotatable bonds is 4. The molecule has 6 heteroatoms. The van der Waals surface area contributed by atoms with Gasteiger partial charge in [0.15, 0.2) is 0 Å². The first kappa shape index (κ1) is 17.3. The van der Waals surface area contributed by atoms with Gasteiger partial charge >= 0.3 is 0 Å². The van der Waals surface area contributed by atoms with E-state index >= 15 is 0 Å². The van der Waals surface area contributed by atoms with E-state index in [1.165, 1.54) is 5.56 Å². The van der Waals surface area contributed by atoms with Crippen LogP contribution >= 0.6 is 0 Å². The van der Waals surface area contributed by atoms with Crippen LogP contribution in [0.5, 0.6) is 5.75 Å². The molecule has 3 aromatic rings. The van der Waals surface area contributed by atoms with E-state index in [0.717, 1.165) is 36.3 Å². The minimum atomic E-state index is -0.0559. The van der Waals surface area contributed by atoms with Crippen LogP contribution in [-0.2, 0) is 13.0 Å². The molecule has 4 rings (SSSR count). The van der Waals surface area contributed by atoms with Gasteiger partial charge in [0, 0.05) is 12.1 Å². The van der Waals surface area contributed by atoms with E-state index in [4.69, 9.17) is 4.74 Å². The second-order valence-electron chi connectivity index (χ2n) is 6.55. The lowest BCUT2D eigenvalue weighted by atomic mass is 9.90. The van der Waals surface area contributed by atoms with Crippen LogP contribution in [0.1, 0.15) is 30.9 Å². The molecule has 0 saturated heterocycles. The van der Waals surface area contributed by atoms with E-state index in [0.29, 0.717) is 23.4 Å². The quantitative estimate of drug-likeness (QED) is 0.721. The molecule has 27 heavy (non-hydrogen) atoms. The van der Waals surface area contributed by atoms with Gasteiger partial charge in [0.2, 0.25) is 5.95 Å². The Bertz CT molecular complexity index is 1090. The molecule has 0 bridgehead atoms. The van der Waals surface area contributed by atoms with Gasteiger partial charge in [-0.25, -0.2) is 10.4 Å². The van der Waals surface area contributed by atoms with Crippen molar-refractivity contribution in [1.29, 1.82) is 0 Å². The molecule has 0 radical (unpaired) electrons. The van der Waals surface area contributed by atoms with Crippen molar-refractivity contribution in [3.63, 3.8) is 0 Å². The predicted octanol–water partition coefficient (Wildman–Crippen LogP) is 3.58. The second kappa shape index (κ2) is 7.23. The number of anilines is 1. The van der Waals surface area contributed by atoms with Crippen molar-refractivity contribution in [3.8, 4) is 5.75 Å². The van der Waals surface area contributed by atoms with Crippen LogP contribution in [0, 0.1) is 0 Å². The number of methoxy groups -OCH3 is 1. The number of aryl methyl sites for hydroxylation is 1. The van der Waals surface area contributed by atoms with Crippen LogP contribution in [-0.4, -0.2) is 22.4 Å². The summed E-state index contributed by atoms with van der Waals surface area (Å²) in [5.41, 5.74) is 7.00. The minimum absolute atomic E-state index is 0.0559. The van der Waals surface area contributed by atoms with Gasteiger partial charge in [0.25, 0.3) is 5.56 Å². The smallest absolute Gasteiger partial charge is 0.262 e. The molecule has 1 aromatic heterocycles. The van der Waals surface area contributed by atoms with E-state index in [9.17, 15) is 4.79 Å². The lowest BCUT2D eigenvalue weighted by Gasteiger charge is -2.19. The summed E-state index contributed by atoms with van der Waals surface area (Å²) >= 11 is 0. The fourth-order valence-corrected chi connectivity index (χ4v) is 3.55. The summed E-state index contributed by atoms with van der Waals surface area (Å²) in [6.07, 6.45) is 2.93. The van der Waals surface area contributed by atoms with E-state index in [1.54, 1.807) is 17.7 Å². The Morgan fingerprint density at radius 1 is 1.22 bits per heavy atom. The lowest BCUT2D eigenvalue weighted by Crippen LogP contribution is -2.24. The van der Waals surface area contributed by atoms with Gasteiger partial charge in [-0.1, -0.05) is 12.1 Å². The van der Waals surface area contributed by atoms with Gasteiger partial charge in [-0.15, -0.1) is 0 Å². The summed E-state index contributed by atoms with van der Waals surface area (Å²) in [5.74, 6) is 1.33. The topological polar surface area (TPSA) is 68.5 Å². The van der Waals surface area contributed by atoms with Crippen molar-refractivity contribution in [2.75, 3.05) is 12.5 Å². The molecule has 0 amide bonds. The van der Waals surface area contributed by atoms with Crippen LogP contribution in [0.15, 0.2) is 52.4 Å². The molecular weight excluding hydrogens is 340 g/mol. The number of nitrogens with one attached hydrogen (secondary N) is 1. The molecule has 0 spiro atoms. The summed E-state index contributed by atoms with van der Waals surface area (Å²) in [6, 6.07) is 13.5. The van der Waals surface area contributed by atoms with Crippen molar-refractivity contribution in [3.05, 3.63) is 63.9 Å². The number of benzene rings is 2. The molecule has 0 aliphatic heterocycles. The third-order valence-electron chi connectivity index (χ3n) is 4.95. The van der Waals surface area contributed by atoms with E-state index < -0.39 is 0 Å². The summed E-state index contributed by atoms with van der Waals surface area (Å²) in [4.78, 5) is 17.3. The van der Waals surface area contributed by atoms with Crippen molar-refractivity contribution in [2.45, 2.75) is 32.7 Å². The van der Waals surface area contributed by atoms with Gasteiger partial charge in [0.05, 0.1) is 23.7 Å². The van der Waals surface area contributed by atoms with Crippen LogP contribution in [0.3, 0.4) is 0 Å². The third-order valence-corrected chi connectivity index (χ3v) is 4.95. The zero-order valence-electron chi connectivity index (χ0n) is 15.5. The number of ether oxygens (including phenoxy) is 1. The number of para-hydroxylation sites is 1. The molecule has 1 aliphatic rings. The zero-order valence-corrected chi connectivity index (χ0v) is 15.5. The van der Waals surface area contributed by atoms with E-state index in [2.05, 4.69) is 27.6 Å². The summed E-state index contributed by atoms with van der Waals surface area (Å²) < 4.78 is 6.94. The molecule has 0 unspecified atom stereocenters. The van der Waals surface area contributed by atoms with E-state index in [1.807, 2.05) is 31.2 Å². The number of nitrogens with zero attached hydrogens (tertiary/aromatic N) is 3.